The van der Waals surface area contributed by atoms with Crippen LogP contribution < -0.4 is 5.73 Å². The molecule has 0 fully saturated rings. The highest BCUT2D eigenvalue weighted by Crippen LogP contribution is 2.24. The molecule has 0 aliphatic carbocycles. The molecule has 15 heavy (non-hydrogen) atoms. The van der Waals surface area contributed by atoms with Gasteiger partial charge in [-0.1, -0.05) is 6.07 Å². The van der Waals surface area contributed by atoms with Crippen LogP contribution in [0.15, 0.2) is 22.8 Å². The van der Waals surface area contributed by atoms with Gasteiger partial charge in [0.2, 0.25) is 0 Å². The maximum Gasteiger partial charge on any atom is 0.111 e. The van der Waals surface area contributed by atoms with Crippen LogP contribution in [0.4, 0.5) is 0 Å². The Kier molecular flexibility index (Phi) is 3.07. The molecule has 1 aromatic carbocycles. The summed E-state index contributed by atoms with van der Waals surface area (Å²) in [6.45, 7) is 3.64. The summed E-state index contributed by atoms with van der Waals surface area (Å²) in [6, 6.07) is 6.30. The Labute approximate surface area is 97.4 Å². The largest absolute Gasteiger partial charge is 0.330 e. The van der Waals surface area contributed by atoms with E-state index in [1.54, 1.807) is 0 Å². The van der Waals surface area contributed by atoms with E-state index in [2.05, 4.69) is 46.2 Å². The van der Waals surface area contributed by atoms with Crippen LogP contribution in [0.5, 0.6) is 0 Å². The van der Waals surface area contributed by atoms with Crippen molar-refractivity contribution < 1.29 is 0 Å². The maximum absolute atomic E-state index is 5.54. The molecule has 4 heteroatoms. The molecular weight excluding hydrogens is 254 g/mol. The van der Waals surface area contributed by atoms with E-state index < -0.39 is 0 Å². The Morgan fingerprint density at radius 2 is 2.27 bits per heavy atom. The first kappa shape index (κ1) is 10.6. The molecule has 0 radical (unpaired) electrons. The third-order valence-electron chi connectivity index (χ3n) is 2.47. The molecule has 1 aromatic heterocycles. The molecule has 2 N–H and O–H groups in total. The number of fused-ring (bicyclic) bond motifs is 1. The third-order valence-corrected chi connectivity index (χ3v) is 3.31. The van der Waals surface area contributed by atoms with Crippen LogP contribution in [0.2, 0.25) is 0 Å². The minimum Gasteiger partial charge on any atom is -0.330 e. The highest BCUT2D eigenvalue weighted by Gasteiger charge is 2.07. The standard InChI is InChI=1S/C11H14BrN3/c1-2-15-11(12)9-7-8(5-6-13)3-4-10(9)14-15/h3-4,7H,2,5-6,13H2,1H3. The Hall–Kier alpha value is -0.870. The molecule has 0 bridgehead atoms. The van der Waals surface area contributed by atoms with Gasteiger partial charge in [-0.05, 0) is 53.5 Å². The molecule has 2 rings (SSSR count). The fourth-order valence-electron chi connectivity index (χ4n) is 1.68. The molecule has 0 aliphatic rings. The maximum atomic E-state index is 5.54. The van der Waals surface area contributed by atoms with Crippen molar-refractivity contribution in [2.45, 2.75) is 19.9 Å². The Bertz CT molecular complexity index is 476. The minimum atomic E-state index is 0.686. The van der Waals surface area contributed by atoms with Gasteiger partial charge in [-0.2, -0.15) is 5.10 Å². The lowest BCUT2D eigenvalue weighted by molar-refractivity contribution is 0.653. The highest BCUT2D eigenvalue weighted by atomic mass is 79.9. The van der Waals surface area contributed by atoms with Gasteiger partial charge in [0.15, 0.2) is 0 Å². The second-order valence-corrected chi connectivity index (χ2v) is 4.25. The van der Waals surface area contributed by atoms with Crippen molar-refractivity contribution in [3.05, 3.63) is 28.4 Å². The molecule has 0 aliphatic heterocycles. The molecule has 0 unspecified atom stereocenters. The van der Waals surface area contributed by atoms with Gasteiger partial charge in [0, 0.05) is 11.9 Å². The van der Waals surface area contributed by atoms with Crippen LogP contribution in [0.1, 0.15) is 12.5 Å². The summed E-state index contributed by atoms with van der Waals surface area (Å²) >= 11 is 3.57. The van der Waals surface area contributed by atoms with Crippen LogP contribution in [0.3, 0.4) is 0 Å². The molecule has 0 atom stereocenters. The molecular formula is C11H14BrN3. The molecule has 0 spiro atoms. The normalized spacial score (nSPS) is 11.1. The topological polar surface area (TPSA) is 43.8 Å². The second-order valence-electron chi connectivity index (χ2n) is 3.50. The summed E-state index contributed by atoms with van der Waals surface area (Å²) in [7, 11) is 0. The van der Waals surface area contributed by atoms with E-state index in [0.29, 0.717) is 6.54 Å². The van der Waals surface area contributed by atoms with Gasteiger partial charge in [0.25, 0.3) is 0 Å². The highest BCUT2D eigenvalue weighted by molar-refractivity contribution is 9.10. The Morgan fingerprint density at radius 1 is 1.47 bits per heavy atom. The molecule has 0 amide bonds. The molecule has 2 aromatic rings. The lowest BCUT2D eigenvalue weighted by Gasteiger charge is -1.98. The van der Waals surface area contributed by atoms with Crippen LogP contribution in [0, 0.1) is 0 Å². The van der Waals surface area contributed by atoms with Crippen molar-refractivity contribution in [3.63, 3.8) is 0 Å². The predicted octanol–water partition coefficient (Wildman–Crippen LogP) is 2.32. The Morgan fingerprint density at radius 3 is 2.93 bits per heavy atom. The molecule has 0 saturated carbocycles. The third kappa shape index (κ3) is 1.92. The predicted molar refractivity (Wildman–Crippen MR) is 65.9 cm³/mol. The van der Waals surface area contributed by atoms with Gasteiger partial charge in [0.1, 0.15) is 4.60 Å². The summed E-state index contributed by atoms with van der Waals surface area (Å²) in [6.07, 6.45) is 0.916. The lowest BCUT2D eigenvalue weighted by atomic mass is 10.1. The van der Waals surface area contributed by atoms with Gasteiger partial charge in [-0.25, -0.2) is 0 Å². The van der Waals surface area contributed by atoms with Crippen molar-refractivity contribution in [3.8, 4) is 0 Å². The van der Waals surface area contributed by atoms with Gasteiger partial charge in [-0.15, -0.1) is 0 Å². The SMILES string of the molecule is CCn1nc2ccc(CCN)cc2c1Br. The number of rotatable bonds is 3. The fraction of sp³-hybridized carbons (Fsp3) is 0.364. The van der Waals surface area contributed by atoms with E-state index >= 15 is 0 Å². The average molecular weight is 268 g/mol. The quantitative estimate of drug-likeness (QED) is 0.928. The molecule has 80 valence electrons. The van der Waals surface area contributed by atoms with Gasteiger partial charge >= 0.3 is 0 Å². The molecule has 1 heterocycles. The molecule has 0 saturated heterocycles. The number of nitrogens with two attached hydrogens (primary N) is 1. The minimum absolute atomic E-state index is 0.686. The summed E-state index contributed by atoms with van der Waals surface area (Å²) in [5.74, 6) is 0. The van der Waals surface area contributed by atoms with E-state index in [4.69, 9.17) is 5.73 Å². The number of nitrogens with zero attached hydrogens (tertiary/aromatic N) is 2. The van der Waals surface area contributed by atoms with Crippen molar-refractivity contribution >= 4 is 26.8 Å². The number of hydrogen-bond donors (Lipinski definition) is 1. The Balaban J connectivity index is 2.54. The van der Waals surface area contributed by atoms with Crippen LogP contribution in [-0.4, -0.2) is 16.3 Å². The first-order chi connectivity index (χ1) is 7.26. The monoisotopic (exact) mass is 267 g/mol. The zero-order valence-corrected chi connectivity index (χ0v) is 10.3. The number of halogens is 1. The smallest absolute Gasteiger partial charge is 0.111 e. The molecule has 3 nitrogen and oxygen atoms in total. The van der Waals surface area contributed by atoms with Crippen molar-refractivity contribution in [2.75, 3.05) is 6.54 Å². The van der Waals surface area contributed by atoms with E-state index in [9.17, 15) is 0 Å². The fourth-order valence-corrected chi connectivity index (χ4v) is 2.33. The van der Waals surface area contributed by atoms with E-state index in [0.717, 1.165) is 23.1 Å². The average Bonchev–Trinajstić information content (AvgIpc) is 2.56. The van der Waals surface area contributed by atoms with Gasteiger partial charge in [-0.3, -0.25) is 4.68 Å². The van der Waals surface area contributed by atoms with Gasteiger partial charge in [0.05, 0.1) is 5.52 Å². The van der Waals surface area contributed by atoms with Crippen LogP contribution in [-0.2, 0) is 13.0 Å². The zero-order chi connectivity index (χ0) is 10.8. The van der Waals surface area contributed by atoms with E-state index in [1.165, 1.54) is 10.9 Å². The van der Waals surface area contributed by atoms with E-state index in [-0.39, 0.29) is 0 Å². The van der Waals surface area contributed by atoms with Crippen LogP contribution in [0.25, 0.3) is 10.9 Å². The summed E-state index contributed by atoms with van der Waals surface area (Å²) in [5.41, 5.74) is 7.84. The van der Waals surface area contributed by atoms with Crippen molar-refractivity contribution in [1.82, 2.24) is 9.78 Å². The second kappa shape index (κ2) is 4.33. The first-order valence-electron chi connectivity index (χ1n) is 5.11. The summed E-state index contributed by atoms with van der Waals surface area (Å²) in [5, 5.41) is 5.64. The number of hydrogen-bond acceptors (Lipinski definition) is 2. The lowest BCUT2D eigenvalue weighted by Crippen LogP contribution is -2.02. The van der Waals surface area contributed by atoms with Crippen LogP contribution >= 0.6 is 15.9 Å². The van der Waals surface area contributed by atoms with Gasteiger partial charge < -0.3 is 5.73 Å². The summed E-state index contributed by atoms with van der Waals surface area (Å²) < 4.78 is 3.01. The number of aromatic nitrogens is 2. The zero-order valence-electron chi connectivity index (χ0n) is 8.70. The van der Waals surface area contributed by atoms with E-state index in [1.807, 2.05) is 4.68 Å². The summed E-state index contributed by atoms with van der Waals surface area (Å²) in [4.78, 5) is 0. The van der Waals surface area contributed by atoms with Crippen molar-refractivity contribution in [2.24, 2.45) is 5.73 Å². The first-order valence-corrected chi connectivity index (χ1v) is 5.90. The van der Waals surface area contributed by atoms with Crippen molar-refractivity contribution in [1.29, 1.82) is 0 Å². The number of benzene rings is 1. The number of aryl methyl sites for hydroxylation is 1.